The first-order valence-electron chi connectivity index (χ1n) is 17.5. The minimum absolute atomic E-state index is 0.474. The Kier molecular flexibility index (Phi) is 8.44. The zero-order valence-corrected chi connectivity index (χ0v) is 28.9. The molecule has 0 amide bonds. The highest BCUT2D eigenvalue weighted by atomic mass is 15.0. The molecule has 0 bridgehead atoms. The maximum Gasteiger partial charge on any atom is 0.164 e. The standard InChI is InChI=1S/C47H29N7/c48-30-37-29-40(47-53-44(34-19-9-3-10-20-34)52-45(54-47)35-21-11-4-12-22-35)41(39-24-14-13-23-38(37)39)31-25-27-36(28-26-31)46-50-42(32-15-5-1-6-16-32)49-43(51-46)33-17-7-2-8-18-33/h1-29H. The molecule has 0 radical (unpaired) electrons. The molecule has 54 heavy (non-hydrogen) atoms. The molecule has 9 rings (SSSR count). The Morgan fingerprint density at radius 2 is 0.630 bits per heavy atom. The summed E-state index contributed by atoms with van der Waals surface area (Å²) in [6, 6.07) is 60.1. The van der Waals surface area contributed by atoms with Gasteiger partial charge in [0.15, 0.2) is 34.9 Å². The first-order chi connectivity index (χ1) is 26.7. The molecule has 7 aromatic carbocycles. The zero-order valence-electron chi connectivity index (χ0n) is 28.9. The second-order valence-corrected chi connectivity index (χ2v) is 12.7. The highest BCUT2D eigenvalue weighted by molar-refractivity contribution is 6.06. The Hall–Kier alpha value is -7.69. The highest BCUT2D eigenvalue weighted by Crippen LogP contribution is 2.40. The molecule has 0 saturated carbocycles. The second-order valence-electron chi connectivity index (χ2n) is 12.7. The van der Waals surface area contributed by atoms with E-state index in [1.54, 1.807) is 0 Å². The van der Waals surface area contributed by atoms with Gasteiger partial charge in [-0.05, 0) is 17.0 Å². The summed E-state index contributed by atoms with van der Waals surface area (Å²) in [5.74, 6) is 3.33. The minimum Gasteiger partial charge on any atom is -0.208 e. The van der Waals surface area contributed by atoms with Crippen LogP contribution >= 0.6 is 0 Å². The van der Waals surface area contributed by atoms with Gasteiger partial charge in [0.05, 0.1) is 11.6 Å². The van der Waals surface area contributed by atoms with Crippen LogP contribution in [-0.4, -0.2) is 29.9 Å². The van der Waals surface area contributed by atoms with Gasteiger partial charge in [-0.1, -0.05) is 170 Å². The Morgan fingerprint density at radius 3 is 1.02 bits per heavy atom. The monoisotopic (exact) mass is 691 g/mol. The van der Waals surface area contributed by atoms with Gasteiger partial charge in [-0.15, -0.1) is 0 Å². The van der Waals surface area contributed by atoms with E-state index in [4.69, 9.17) is 29.9 Å². The third-order valence-electron chi connectivity index (χ3n) is 9.24. The average molecular weight is 692 g/mol. The van der Waals surface area contributed by atoms with Gasteiger partial charge in [0.25, 0.3) is 0 Å². The molecular formula is C47H29N7. The molecule has 7 heteroatoms. The number of aromatic nitrogens is 6. The number of rotatable bonds is 7. The minimum atomic E-state index is 0.474. The summed E-state index contributed by atoms with van der Waals surface area (Å²) >= 11 is 0. The summed E-state index contributed by atoms with van der Waals surface area (Å²) in [6.45, 7) is 0. The third-order valence-corrected chi connectivity index (χ3v) is 9.24. The summed E-state index contributed by atoms with van der Waals surface area (Å²) in [6.07, 6.45) is 0. The quantitative estimate of drug-likeness (QED) is 0.164. The Bertz CT molecular complexity index is 2690. The van der Waals surface area contributed by atoms with E-state index in [1.807, 2.05) is 164 Å². The Balaban J connectivity index is 1.23. The summed E-state index contributed by atoms with van der Waals surface area (Å²) in [5, 5.41) is 12.1. The van der Waals surface area contributed by atoms with Crippen molar-refractivity contribution >= 4 is 10.8 Å². The van der Waals surface area contributed by atoms with Crippen LogP contribution in [0.15, 0.2) is 176 Å². The Labute approximate surface area is 312 Å². The molecule has 0 fully saturated rings. The predicted molar refractivity (Wildman–Crippen MR) is 213 cm³/mol. The van der Waals surface area contributed by atoms with Crippen LogP contribution in [0.3, 0.4) is 0 Å². The largest absolute Gasteiger partial charge is 0.208 e. The molecular weight excluding hydrogens is 663 g/mol. The fourth-order valence-corrected chi connectivity index (χ4v) is 6.61. The normalized spacial score (nSPS) is 10.9. The van der Waals surface area contributed by atoms with E-state index in [1.165, 1.54) is 0 Å². The molecule has 2 aromatic heterocycles. The van der Waals surface area contributed by atoms with Gasteiger partial charge < -0.3 is 0 Å². The van der Waals surface area contributed by atoms with Crippen molar-refractivity contribution < 1.29 is 0 Å². The number of hydrogen-bond donors (Lipinski definition) is 0. The maximum absolute atomic E-state index is 10.4. The van der Waals surface area contributed by atoms with Crippen LogP contribution in [0.5, 0.6) is 0 Å². The molecule has 0 spiro atoms. The van der Waals surface area contributed by atoms with Gasteiger partial charge in [-0.2, -0.15) is 5.26 Å². The van der Waals surface area contributed by atoms with Crippen molar-refractivity contribution in [3.8, 4) is 85.5 Å². The molecule has 0 aliphatic rings. The molecule has 9 aromatic rings. The number of nitriles is 1. The zero-order chi connectivity index (χ0) is 36.3. The van der Waals surface area contributed by atoms with Crippen molar-refractivity contribution in [3.63, 3.8) is 0 Å². The lowest BCUT2D eigenvalue weighted by Crippen LogP contribution is -2.02. The van der Waals surface area contributed by atoms with Crippen molar-refractivity contribution in [2.75, 3.05) is 0 Å². The van der Waals surface area contributed by atoms with Crippen molar-refractivity contribution in [2.45, 2.75) is 0 Å². The molecule has 0 atom stereocenters. The summed E-state index contributed by atoms with van der Waals surface area (Å²) in [7, 11) is 0. The second kappa shape index (κ2) is 14.1. The van der Waals surface area contributed by atoms with Crippen LogP contribution in [0, 0.1) is 11.3 Å². The van der Waals surface area contributed by atoms with Crippen LogP contribution in [0.2, 0.25) is 0 Å². The lowest BCUT2D eigenvalue weighted by Gasteiger charge is -2.16. The molecule has 0 aliphatic heterocycles. The smallest absolute Gasteiger partial charge is 0.164 e. The molecule has 2 heterocycles. The maximum atomic E-state index is 10.4. The molecule has 0 unspecified atom stereocenters. The molecule has 0 aliphatic carbocycles. The van der Waals surface area contributed by atoms with E-state index >= 15 is 0 Å². The van der Waals surface area contributed by atoms with E-state index < -0.39 is 0 Å². The van der Waals surface area contributed by atoms with Crippen LogP contribution in [-0.2, 0) is 0 Å². The third kappa shape index (κ3) is 6.25. The highest BCUT2D eigenvalue weighted by Gasteiger charge is 2.21. The number of hydrogen-bond acceptors (Lipinski definition) is 7. The van der Waals surface area contributed by atoms with Crippen molar-refractivity contribution in [1.82, 2.24) is 29.9 Å². The van der Waals surface area contributed by atoms with Gasteiger partial charge in [-0.3, -0.25) is 0 Å². The lowest BCUT2D eigenvalue weighted by atomic mass is 9.89. The van der Waals surface area contributed by atoms with Crippen LogP contribution in [0.25, 0.3) is 90.2 Å². The van der Waals surface area contributed by atoms with E-state index in [0.717, 1.165) is 55.3 Å². The molecule has 0 N–H and O–H groups in total. The van der Waals surface area contributed by atoms with Crippen LogP contribution in [0.1, 0.15) is 5.56 Å². The predicted octanol–water partition coefficient (Wildman–Crippen LogP) is 10.8. The van der Waals surface area contributed by atoms with Gasteiger partial charge in [-0.25, -0.2) is 29.9 Å². The average Bonchev–Trinajstić information content (AvgIpc) is 3.27. The van der Waals surface area contributed by atoms with E-state index in [0.29, 0.717) is 40.5 Å². The topological polar surface area (TPSA) is 101 Å². The van der Waals surface area contributed by atoms with E-state index in [9.17, 15) is 5.26 Å². The first kappa shape index (κ1) is 32.2. The fraction of sp³-hybridized carbons (Fsp3) is 0. The molecule has 252 valence electrons. The van der Waals surface area contributed by atoms with E-state index in [-0.39, 0.29) is 0 Å². The summed E-state index contributed by atoms with van der Waals surface area (Å²) < 4.78 is 0. The fourth-order valence-electron chi connectivity index (χ4n) is 6.61. The first-order valence-corrected chi connectivity index (χ1v) is 17.5. The van der Waals surface area contributed by atoms with Crippen LogP contribution in [0.4, 0.5) is 0 Å². The van der Waals surface area contributed by atoms with Crippen molar-refractivity contribution in [1.29, 1.82) is 5.26 Å². The lowest BCUT2D eigenvalue weighted by molar-refractivity contribution is 1.07. The van der Waals surface area contributed by atoms with Gasteiger partial charge >= 0.3 is 0 Å². The van der Waals surface area contributed by atoms with Gasteiger partial charge in [0, 0.05) is 44.3 Å². The number of benzene rings is 7. The van der Waals surface area contributed by atoms with Crippen molar-refractivity contribution in [3.05, 3.63) is 181 Å². The Morgan fingerprint density at radius 1 is 0.315 bits per heavy atom. The van der Waals surface area contributed by atoms with Crippen molar-refractivity contribution in [2.24, 2.45) is 0 Å². The molecule has 7 nitrogen and oxygen atoms in total. The van der Waals surface area contributed by atoms with E-state index in [2.05, 4.69) is 18.2 Å². The SMILES string of the molecule is N#Cc1cc(-c2nc(-c3ccccc3)nc(-c3ccccc3)n2)c(-c2ccc(-c3nc(-c4ccccc4)nc(-c4ccccc4)n3)cc2)c2ccccc12. The number of fused-ring (bicyclic) bond motifs is 1. The summed E-state index contributed by atoms with van der Waals surface area (Å²) in [5.41, 5.74) is 7.50. The molecule has 0 saturated heterocycles. The van der Waals surface area contributed by atoms with Gasteiger partial charge in [0.2, 0.25) is 0 Å². The number of nitrogens with zero attached hydrogens (tertiary/aromatic N) is 7. The van der Waals surface area contributed by atoms with Crippen LogP contribution < -0.4 is 0 Å². The van der Waals surface area contributed by atoms with Gasteiger partial charge in [0.1, 0.15) is 0 Å². The summed E-state index contributed by atoms with van der Waals surface area (Å²) in [4.78, 5) is 29.7.